The highest BCUT2D eigenvalue weighted by atomic mass is 16.3. The van der Waals surface area contributed by atoms with E-state index in [0.717, 1.165) is 12.8 Å². The van der Waals surface area contributed by atoms with E-state index in [-0.39, 0.29) is 29.2 Å². The Hall–Kier alpha value is -1.69. The van der Waals surface area contributed by atoms with Gasteiger partial charge in [0.05, 0.1) is 0 Å². The van der Waals surface area contributed by atoms with Crippen LogP contribution in [0, 0.1) is 5.41 Å². The second kappa shape index (κ2) is 4.67. The summed E-state index contributed by atoms with van der Waals surface area (Å²) in [4.78, 5) is 22.5. The summed E-state index contributed by atoms with van der Waals surface area (Å²) in [6, 6.07) is 2.66. The Bertz CT molecular complexity index is 445. The summed E-state index contributed by atoms with van der Waals surface area (Å²) in [5.74, 6) is -0.300. The highest BCUT2D eigenvalue weighted by Crippen LogP contribution is 2.47. The number of nitrogens with one attached hydrogen (secondary N) is 2. The maximum atomic E-state index is 11.7. The number of hydrogen-bond donors (Lipinski definition) is 3. The van der Waals surface area contributed by atoms with Gasteiger partial charge in [-0.2, -0.15) is 5.10 Å². The number of aromatic nitrogens is 2. The molecule has 2 rings (SSSR count). The molecule has 0 atom stereocenters. The SMILES string of the molecule is O=C(NCC1(CCO)CC1)c1ccc(=O)[nH]n1. The number of aliphatic hydroxyl groups is 1. The molecule has 1 aromatic heterocycles. The molecule has 17 heavy (non-hydrogen) atoms. The smallest absolute Gasteiger partial charge is 0.271 e. The van der Waals surface area contributed by atoms with Gasteiger partial charge in [-0.05, 0) is 30.7 Å². The Morgan fingerprint density at radius 2 is 2.29 bits per heavy atom. The largest absolute Gasteiger partial charge is 0.396 e. The van der Waals surface area contributed by atoms with Crippen molar-refractivity contribution in [2.45, 2.75) is 19.3 Å². The lowest BCUT2D eigenvalue weighted by molar-refractivity contribution is 0.0934. The number of hydrogen-bond acceptors (Lipinski definition) is 4. The molecular weight excluding hydrogens is 222 g/mol. The van der Waals surface area contributed by atoms with Gasteiger partial charge in [-0.15, -0.1) is 0 Å². The summed E-state index contributed by atoms with van der Waals surface area (Å²) in [6.45, 7) is 0.694. The van der Waals surface area contributed by atoms with Crippen LogP contribution in [-0.2, 0) is 0 Å². The van der Waals surface area contributed by atoms with E-state index in [1.807, 2.05) is 0 Å². The van der Waals surface area contributed by atoms with Crippen LogP contribution in [0.1, 0.15) is 29.8 Å². The van der Waals surface area contributed by atoms with Gasteiger partial charge in [-0.3, -0.25) is 9.59 Å². The average Bonchev–Trinajstić information content (AvgIpc) is 3.08. The standard InChI is InChI=1S/C11H15N3O3/c15-6-5-11(3-4-11)7-12-10(17)8-1-2-9(16)14-13-8/h1-2,15H,3-7H2,(H,12,17)(H,14,16). The fourth-order valence-electron chi connectivity index (χ4n) is 1.76. The van der Waals surface area contributed by atoms with Crippen LogP contribution in [0.4, 0.5) is 0 Å². The van der Waals surface area contributed by atoms with Gasteiger partial charge in [-0.1, -0.05) is 0 Å². The number of rotatable bonds is 5. The molecule has 0 unspecified atom stereocenters. The molecule has 1 heterocycles. The van der Waals surface area contributed by atoms with Crippen LogP contribution in [0.5, 0.6) is 0 Å². The molecule has 1 amide bonds. The molecule has 0 saturated heterocycles. The summed E-state index contributed by atoms with van der Waals surface area (Å²) in [5, 5.41) is 17.5. The zero-order chi connectivity index (χ0) is 12.3. The Labute approximate surface area is 98.1 Å². The Morgan fingerprint density at radius 1 is 1.53 bits per heavy atom. The predicted molar refractivity (Wildman–Crippen MR) is 60.6 cm³/mol. The van der Waals surface area contributed by atoms with E-state index in [4.69, 9.17) is 5.11 Å². The third-order valence-electron chi connectivity index (χ3n) is 3.13. The van der Waals surface area contributed by atoms with Gasteiger partial charge in [-0.25, -0.2) is 5.10 Å². The maximum Gasteiger partial charge on any atom is 0.271 e. The van der Waals surface area contributed by atoms with E-state index >= 15 is 0 Å². The van der Waals surface area contributed by atoms with Crippen molar-refractivity contribution in [1.29, 1.82) is 0 Å². The summed E-state index contributed by atoms with van der Waals surface area (Å²) in [6.07, 6.45) is 2.78. The van der Waals surface area contributed by atoms with Crippen molar-refractivity contribution in [1.82, 2.24) is 15.5 Å². The third-order valence-corrected chi connectivity index (χ3v) is 3.13. The predicted octanol–water partition coefficient (Wildman–Crippen LogP) is -0.338. The minimum absolute atomic E-state index is 0.0760. The molecule has 92 valence electrons. The molecule has 6 nitrogen and oxygen atoms in total. The quantitative estimate of drug-likeness (QED) is 0.653. The van der Waals surface area contributed by atoms with Crippen LogP contribution in [0.15, 0.2) is 16.9 Å². The number of nitrogens with zero attached hydrogens (tertiary/aromatic N) is 1. The van der Waals surface area contributed by atoms with Crippen LogP contribution in [0.3, 0.4) is 0 Å². The fraction of sp³-hybridized carbons (Fsp3) is 0.545. The van der Waals surface area contributed by atoms with Crippen molar-refractivity contribution in [3.63, 3.8) is 0 Å². The van der Waals surface area contributed by atoms with Gasteiger partial charge in [0.1, 0.15) is 5.69 Å². The zero-order valence-electron chi connectivity index (χ0n) is 9.40. The fourth-order valence-corrected chi connectivity index (χ4v) is 1.76. The van der Waals surface area contributed by atoms with E-state index in [0.29, 0.717) is 13.0 Å². The number of amides is 1. The van der Waals surface area contributed by atoms with Gasteiger partial charge in [0, 0.05) is 19.2 Å². The summed E-state index contributed by atoms with van der Waals surface area (Å²) in [5.41, 5.74) is -0.0584. The molecule has 0 aromatic carbocycles. The van der Waals surface area contributed by atoms with Crippen molar-refractivity contribution < 1.29 is 9.90 Å². The number of aliphatic hydroxyl groups excluding tert-OH is 1. The lowest BCUT2D eigenvalue weighted by Gasteiger charge is -2.13. The van der Waals surface area contributed by atoms with E-state index in [1.165, 1.54) is 12.1 Å². The first-order valence-corrected chi connectivity index (χ1v) is 5.60. The molecule has 0 aliphatic heterocycles. The summed E-state index contributed by atoms with van der Waals surface area (Å²) < 4.78 is 0. The third kappa shape index (κ3) is 2.91. The molecule has 0 bridgehead atoms. The van der Waals surface area contributed by atoms with Gasteiger partial charge in [0.25, 0.3) is 11.5 Å². The van der Waals surface area contributed by atoms with Gasteiger partial charge >= 0.3 is 0 Å². The zero-order valence-corrected chi connectivity index (χ0v) is 9.40. The van der Waals surface area contributed by atoms with Crippen LogP contribution in [0.2, 0.25) is 0 Å². The number of aromatic amines is 1. The minimum atomic E-state index is -0.333. The molecule has 1 aromatic rings. The van der Waals surface area contributed by atoms with E-state index in [9.17, 15) is 9.59 Å². The Balaban J connectivity index is 1.89. The van der Waals surface area contributed by atoms with E-state index < -0.39 is 0 Å². The van der Waals surface area contributed by atoms with Crippen LogP contribution < -0.4 is 10.9 Å². The van der Waals surface area contributed by atoms with E-state index in [1.54, 1.807) is 0 Å². The number of H-pyrrole nitrogens is 1. The second-order valence-corrected chi connectivity index (χ2v) is 4.46. The van der Waals surface area contributed by atoms with Crippen molar-refractivity contribution >= 4 is 5.91 Å². The molecule has 0 radical (unpaired) electrons. The molecule has 1 aliphatic carbocycles. The van der Waals surface area contributed by atoms with Gasteiger partial charge in [0.15, 0.2) is 0 Å². The molecule has 3 N–H and O–H groups in total. The van der Waals surface area contributed by atoms with Crippen molar-refractivity contribution in [2.24, 2.45) is 5.41 Å². The molecule has 1 saturated carbocycles. The molecule has 1 fully saturated rings. The second-order valence-electron chi connectivity index (χ2n) is 4.46. The maximum absolute atomic E-state index is 11.7. The minimum Gasteiger partial charge on any atom is -0.396 e. The highest BCUT2D eigenvalue weighted by Gasteiger charge is 2.41. The molecule has 6 heteroatoms. The Kier molecular flexibility index (Phi) is 3.23. The molecular formula is C11H15N3O3. The number of carbonyl (C=O) groups excluding carboxylic acids is 1. The lowest BCUT2D eigenvalue weighted by Crippen LogP contribution is -2.31. The van der Waals surface area contributed by atoms with E-state index in [2.05, 4.69) is 15.5 Å². The topological polar surface area (TPSA) is 95.1 Å². The summed E-state index contributed by atoms with van der Waals surface area (Å²) in [7, 11) is 0. The monoisotopic (exact) mass is 237 g/mol. The lowest BCUT2D eigenvalue weighted by atomic mass is 10.0. The van der Waals surface area contributed by atoms with Crippen molar-refractivity contribution in [2.75, 3.05) is 13.2 Å². The van der Waals surface area contributed by atoms with Crippen molar-refractivity contribution in [3.8, 4) is 0 Å². The van der Waals surface area contributed by atoms with Gasteiger partial charge < -0.3 is 10.4 Å². The molecule has 0 spiro atoms. The first-order valence-electron chi connectivity index (χ1n) is 5.60. The van der Waals surface area contributed by atoms with Gasteiger partial charge in [0.2, 0.25) is 0 Å². The normalized spacial score (nSPS) is 16.5. The number of carbonyl (C=O) groups is 1. The van der Waals surface area contributed by atoms with Crippen molar-refractivity contribution in [3.05, 3.63) is 28.2 Å². The average molecular weight is 237 g/mol. The first kappa shape index (κ1) is 11.8. The highest BCUT2D eigenvalue weighted by molar-refractivity contribution is 5.92. The summed E-state index contributed by atoms with van der Waals surface area (Å²) >= 11 is 0. The Morgan fingerprint density at radius 3 is 2.82 bits per heavy atom. The van der Waals surface area contributed by atoms with Crippen LogP contribution >= 0.6 is 0 Å². The van der Waals surface area contributed by atoms with Crippen LogP contribution in [0.25, 0.3) is 0 Å². The molecule has 1 aliphatic rings. The first-order chi connectivity index (χ1) is 8.15. The van der Waals surface area contributed by atoms with Crippen LogP contribution in [-0.4, -0.2) is 34.4 Å².